The molecule has 78 valence electrons. The molecule has 1 unspecified atom stereocenters. The number of aryl methyl sites for hydroxylation is 1. The molecule has 0 radical (unpaired) electrons. The van der Waals surface area contributed by atoms with Gasteiger partial charge in [-0.2, -0.15) is 8.42 Å². The maximum absolute atomic E-state index is 10.6. The van der Waals surface area contributed by atoms with Crippen LogP contribution < -0.4 is 0 Å². The zero-order valence-electron chi connectivity index (χ0n) is 7.31. The zero-order valence-corrected chi connectivity index (χ0v) is 9.71. The number of rotatable bonds is 2. The van der Waals surface area contributed by atoms with Gasteiger partial charge >= 0.3 is 0 Å². The first kappa shape index (κ1) is 11.6. The molecule has 1 atom stereocenters. The Balaban J connectivity index is 3.16. The van der Waals surface area contributed by atoms with Crippen molar-refractivity contribution >= 4 is 26.0 Å². The van der Waals surface area contributed by atoms with E-state index >= 15 is 0 Å². The fourth-order valence-electron chi connectivity index (χ4n) is 0.935. The molecule has 0 aliphatic heterocycles. The number of benzene rings is 1. The molecule has 0 bridgehead atoms. The Hall–Kier alpha value is -0.430. The number of halogens is 1. The number of aliphatic hydroxyl groups excluding tert-OH is 1. The van der Waals surface area contributed by atoms with Gasteiger partial charge in [0, 0.05) is 4.47 Å². The van der Waals surface area contributed by atoms with E-state index in [2.05, 4.69) is 15.9 Å². The highest BCUT2D eigenvalue weighted by molar-refractivity contribution is 9.10. The SMILES string of the molecule is Cc1ccc(C(O)S(=O)(=O)O)cc1Br. The summed E-state index contributed by atoms with van der Waals surface area (Å²) in [5.41, 5.74) is -0.847. The van der Waals surface area contributed by atoms with E-state index in [9.17, 15) is 13.5 Å². The topological polar surface area (TPSA) is 74.6 Å². The second-order valence-electron chi connectivity index (χ2n) is 2.88. The Morgan fingerprint density at radius 3 is 2.43 bits per heavy atom. The fraction of sp³-hybridized carbons (Fsp3) is 0.250. The molecule has 4 nitrogen and oxygen atoms in total. The lowest BCUT2D eigenvalue weighted by Gasteiger charge is -2.08. The molecule has 0 spiro atoms. The molecule has 1 rings (SSSR count). The van der Waals surface area contributed by atoms with Crippen molar-refractivity contribution in [3.05, 3.63) is 33.8 Å². The summed E-state index contributed by atoms with van der Waals surface area (Å²) in [7, 11) is -4.45. The third-order valence-electron chi connectivity index (χ3n) is 1.76. The van der Waals surface area contributed by atoms with Crippen molar-refractivity contribution in [3.8, 4) is 0 Å². The van der Waals surface area contributed by atoms with Gasteiger partial charge in [0.25, 0.3) is 10.1 Å². The van der Waals surface area contributed by atoms with Gasteiger partial charge in [-0.05, 0) is 24.1 Å². The first-order chi connectivity index (χ1) is 6.32. The van der Waals surface area contributed by atoms with Crippen LogP contribution in [0.4, 0.5) is 0 Å². The van der Waals surface area contributed by atoms with E-state index in [4.69, 9.17) is 4.55 Å². The lowest BCUT2D eigenvalue weighted by atomic mass is 10.2. The molecule has 1 aromatic carbocycles. The summed E-state index contributed by atoms with van der Waals surface area (Å²) in [6.07, 6.45) is 0. The molecule has 0 heterocycles. The van der Waals surface area contributed by atoms with Crippen LogP contribution in [0.15, 0.2) is 22.7 Å². The van der Waals surface area contributed by atoms with Gasteiger partial charge in [0.1, 0.15) is 0 Å². The van der Waals surface area contributed by atoms with Gasteiger partial charge in [-0.15, -0.1) is 0 Å². The Morgan fingerprint density at radius 2 is 2.00 bits per heavy atom. The summed E-state index contributed by atoms with van der Waals surface area (Å²) in [5.74, 6) is 0. The maximum atomic E-state index is 10.6. The average Bonchev–Trinajstić information content (AvgIpc) is 2.07. The van der Waals surface area contributed by atoms with Crippen LogP contribution in [0.25, 0.3) is 0 Å². The Morgan fingerprint density at radius 1 is 1.43 bits per heavy atom. The highest BCUT2D eigenvalue weighted by Gasteiger charge is 2.21. The standard InChI is InChI=1S/C8H9BrO4S/c1-5-2-3-6(4-7(5)9)8(10)14(11,12)13/h2-4,8,10H,1H3,(H,11,12,13). The molecule has 2 N–H and O–H groups in total. The lowest BCUT2D eigenvalue weighted by molar-refractivity contribution is 0.238. The summed E-state index contributed by atoms with van der Waals surface area (Å²) < 4.78 is 30.5. The number of aliphatic hydroxyl groups is 1. The van der Waals surface area contributed by atoms with Crippen molar-refractivity contribution in [2.45, 2.75) is 12.4 Å². The summed E-state index contributed by atoms with van der Waals surface area (Å²) in [6, 6.07) is 4.54. The van der Waals surface area contributed by atoms with Crippen LogP contribution in [-0.4, -0.2) is 18.1 Å². The highest BCUT2D eigenvalue weighted by Crippen LogP contribution is 2.24. The zero-order chi connectivity index (χ0) is 10.9. The van der Waals surface area contributed by atoms with E-state index < -0.39 is 15.6 Å². The Bertz CT molecular complexity index is 441. The summed E-state index contributed by atoms with van der Waals surface area (Å²) in [4.78, 5) is 0. The lowest BCUT2D eigenvalue weighted by Crippen LogP contribution is -2.11. The smallest absolute Gasteiger partial charge is 0.296 e. The van der Waals surface area contributed by atoms with E-state index in [0.29, 0.717) is 4.47 Å². The van der Waals surface area contributed by atoms with Gasteiger partial charge in [0.15, 0.2) is 0 Å². The monoisotopic (exact) mass is 280 g/mol. The largest absolute Gasteiger partial charge is 0.371 e. The number of hydrogen-bond acceptors (Lipinski definition) is 3. The molecule has 0 saturated carbocycles. The van der Waals surface area contributed by atoms with E-state index in [1.165, 1.54) is 12.1 Å². The molecular formula is C8H9BrO4S. The van der Waals surface area contributed by atoms with Crippen LogP contribution in [0.2, 0.25) is 0 Å². The quantitative estimate of drug-likeness (QED) is 0.808. The number of hydrogen-bond donors (Lipinski definition) is 2. The average molecular weight is 281 g/mol. The van der Waals surface area contributed by atoms with Crippen LogP contribution in [-0.2, 0) is 10.1 Å². The van der Waals surface area contributed by atoms with Crippen molar-refractivity contribution in [2.24, 2.45) is 0 Å². The molecule has 14 heavy (non-hydrogen) atoms. The van der Waals surface area contributed by atoms with E-state index in [0.717, 1.165) is 5.56 Å². The minimum absolute atomic E-state index is 0.130. The Kier molecular flexibility index (Phi) is 3.31. The molecule has 1 aromatic rings. The van der Waals surface area contributed by atoms with Crippen LogP contribution in [0.5, 0.6) is 0 Å². The van der Waals surface area contributed by atoms with Crippen molar-refractivity contribution in [3.63, 3.8) is 0 Å². The van der Waals surface area contributed by atoms with Crippen LogP contribution in [0.3, 0.4) is 0 Å². The minimum atomic E-state index is -4.45. The van der Waals surface area contributed by atoms with Gasteiger partial charge in [-0.25, -0.2) is 0 Å². The van der Waals surface area contributed by atoms with Gasteiger partial charge < -0.3 is 5.11 Å². The Labute approximate surface area is 90.5 Å². The van der Waals surface area contributed by atoms with Gasteiger partial charge in [0.05, 0.1) is 0 Å². The molecule has 0 amide bonds. The van der Waals surface area contributed by atoms with Gasteiger partial charge in [-0.1, -0.05) is 28.1 Å². The van der Waals surface area contributed by atoms with E-state index in [1.807, 2.05) is 6.92 Å². The molecule has 0 saturated heterocycles. The minimum Gasteiger partial charge on any atom is -0.371 e. The molecule has 0 aromatic heterocycles. The second-order valence-corrected chi connectivity index (χ2v) is 5.21. The van der Waals surface area contributed by atoms with Crippen LogP contribution in [0.1, 0.15) is 16.6 Å². The van der Waals surface area contributed by atoms with Crippen molar-refractivity contribution in [1.82, 2.24) is 0 Å². The maximum Gasteiger partial charge on any atom is 0.296 e. The summed E-state index contributed by atoms with van der Waals surface area (Å²) in [5, 5.41) is 9.21. The van der Waals surface area contributed by atoms with Gasteiger partial charge in [0.2, 0.25) is 5.44 Å². The second kappa shape index (κ2) is 3.98. The first-order valence-corrected chi connectivity index (χ1v) is 6.02. The third kappa shape index (κ3) is 2.54. The third-order valence-corrected chi connectivity index (χ3v) is 3.45. The van der Waals surface area contributed by atoms with E-state index in [-0.39, 0.29) is 5.56 Å². The summed E-state index contributed by atoms with van der Waals surface area (Å²) in [6.45, 7) is 1.83. The van der Waals surface area contributed by atoms with Crippen molar-refractivity contribution in [2.75, 3.05) is 0 Å². The first-order valence-electron chi connectivity index (χ1n) is 3.73. The fourth-order valence-corrected chi connectivity index (χ4v) is 1.82. The molecule has 0 aliphatic rings. The van der Waals surface area contributed by atoms with E-state index in [1.54, 1.807) is 6.07 Å². The normalized spacial score (nSPS) is 14.0. The van der Waals surface area contributed by atoms with Crippen molar-refractivity contribution in [1.29, 1.82) is 0 Å². The predicted molar refractivity (Wildman–Crippen MR) is 55.4 cm³/mol. The predicted octanol–water partition coefficient (Wildman–Crippen LogP) is 1.64. The van der Waals surface area contributed by atoms with Crippen LogP contribution >= 0.6 is 15.9 Å². The molecule has 0 fully saturated rings. The van der Waals surface area contributed by atoms with Crippen molar-refractivity contribution < 1.29 is 18.1 Å². The highest BCUT2D eigenvalue weighted by atomic mass is 79.9. The molecule has 6 heteroatoms. The van der Waals surface area contributed by atoms with Crippen LogP contribution in [0, 0.1) is 6.92 Å². The molecule has 0 aliphatic carbocycles. The molecular weight excluding hydrogens is 272 g/mol. The summed E-state index contributed by atoms with van der Waals surface area (Å²) >= 11 is 3.19. The van der Waals surface area contributed by atoms with Gasteiger partial charge in [-0.3, -0.25) is 4.55 Å².